The molecule has 0 saturated carbocycles. The fraction of sp³-hybridized carbons (Fsp3) is 0.478. The van der Waals surface area contributed by atoms with Gasteiger partial charge in [0.15, 0.2) is 0 Å². The first kappa shape index (κ1) is 23.8. The number of halogens is 3. The Morgan fingerprint density at radius 2 is 1.78 bits per heavy atom. The molecule has 0 bridgehead atoms. The second-order valence-corrected chi connectivity index (χ2v) is 8.71. The number of rotatable bonds is 5. The standard InChI is InChI=1S/C23H28F3N3O3/c1-22(2,3)32-21(30)29-13-12-28(14-17-8-5-4-6-9-17)18(15-29)16-31-20-11-7-10-19(27-20)23(24,25)26/h4-11,18H,12-16H2,1-3H3/t18-/m0/s1. The second kappa shape index (κ2) is 9.77. The van der Waals surface area contributed by atoms with Gasteiger partial charge < -0.3 is 14.4 Å². The zero-order valence-corrected chi connectivity index (χ0v) is 18.4. The Labute approximate surface area is 185 Å². The van der Waals surface area contributed by atoms with E-state index in [4.69, 9.17) is 9.47 Å². The molecule has 6 nitrogen and oxygen atoms in total. The maximum absolute atomic E-state index is 13.0. The largest absolute Gasteiger partial charge is 0.476 e. The quantitative estimate of drug-likeness (QED) is 0.665. The molecule has 0 aliphatic carbocycles. The first-order valence-electron chi connectivity index (χ1n) is 10.4. The van der Waals surface area contributed by atoms with Gasteiger partial charge in [-0.3, -0.25) is 4.90 Å². The normalized spacial score (nSPS) is 17.8. The van der Waals surface area contributed by atoms with Crippen LogP contribution in [0.5, 0.6) is 5.88 Å². The Bertz CT molecular complexity index is 901. The summed E-state index contributed by atoms with van der Waals surface area (Å²) in [5, 5.41) is 0. The number of ether oxygens (including phenoxy) is 2. The van der Waals surface area contributed by atoms with Crippen LogP contribution in [0.25, 0.3) is 0 Å². The highest BCUT2D eigenvalue weighted by Crippen LogP contribution is 2.28. The van der Waals surface area contributed by atoms with Crippen LogP contribution in [0.1, 0.15) is 32.0 Å². The highest BCUT2D eigenvalue weighted by Gasteiger charge is 2.34. The predicted molar refractivity (Wildman–Crippen MR) is 113 cm³/mol. The molecule has 2 heterocycles. The summed E-state index contributed by atoms with van der Waals surface area (Å²) in [4.78, 5) is 19.9. The number of piperazine rings is 1. The van der Waals surface area contributed by atoms with Crippen LogP contribution in [0.2, 0.25) is 0 Å². The van der Waals surface area contributed by atoms with Gasteiger partial charge in [-0.1, -0.05) is 36.4 Å². The molecular weight excluding hydrogens is 423 g/mol. The number of benzene rings is 1. The Morgan fingerprint density at radius 3 is 2.44 bits per heavy atom. The maximum atomic E-state index is 13.0. The zero-order chi connectivity index (χ0) is 23.4. The van der Waals surface area contributed by atoms with E-state index in [1.165, 1.54) is 12.1 Å². The third kappa shape index (κ3) is 6.85. The van der Waals surface area contributed by atoms with E-state index in [0.29, 0.717) is 26.2 Å². The summed E-state index contributed by atoms with van der Waals surface area (Å²) in [5.74, 6) is -0.103. The van der Waals surface area contributed by atoms with Crippen LogP contribution in [0.15, 0.2) is 48.5 Å². The lowest BCUT2D eigenvalue weighted by Crippen LogP contribution is -2.57. The average molecular weight is 451 g/mol. The zero-order valence-electron chi connectivity index (χ0n) is 18.4. The summed E-state index contributed by atoms with van der Waals surface area (Å²) < 4.78 is 50.0. The molecule has 32 heavy (non-hydrogen) atoms. The molecule has 1 atom stereocenters. The summed E-state index contributed by atoms with van der Waals surface area (Å²) in [6.45, 7) is 7.52. The lowest BCUT2D eigenvalue weighted by molar-refractivity contribution is -0.141. The van der Waals surface area contributed by atoms with Crippen molar-refractivity contribution in [2.24, 2.45) is 0 Å². The number of nitrogens with zero attached hydrogens (tertiary/aromatic N) is 3. The van der Waals surface area contributed by atoms with Crippen LogP contribution >= 0.6 is 0 Å². The lowest BCUT2D eigenvalue weighted by Gasteiger charge is -2.41. The Kier molecular flexibility index (Phi) is 7.28. The van der Waals surface area contributed by atoms with E-state index in [9.17, 15) is 18.0 Å². The van der Waals surface area contributed by atoms with Gasteiger partial charge in [-0.15, -0.1) is 0 Å². The van der Waals surface area contributed by atoms with Gasteiger partial charge in [-0.05, 0) is 32.4 Å². The van der Waals surface area contributed by atoms with Crippen molar-refractivity contribution in [1.82, 2.24) is 14.8 Å². The molecule has 3 rings (SSSR count). The number of carbonyl (C=O) groups is 1. The van der Waals surface area contributed by atoms with Gasteiger partial charge in [0.25, 0.3) is 0 Å². The summed E-state index contributed by atoms with van der Waals surface area (Å²) in [6, 6.07) is 13.2. The minimum Gasteiger partial charge on any atom is -0.476 e. The Balaban J connectivity index is 1.72. The summed E-state index contributed by atoms with van der Waals surface area (Å²) in [5.41, 5.74) is -0.526. The van der Waals surface area contributed by atoms with Gasteiger partial charge in [-0.25, -0.2) is 9.78 Å². The first-order chi connectivity index (χ1) is 15.0. The molecule has 1 amide bonds. The third-order valence-corrected chi connectivity index (χ3v) is 4.92. The molecule has 174 valence electrons. The van der Waals surface area contributed by atoms with Crippen LogP contribution in [-0.2, 0) is 17.5 Å². The van der Waals surface area contributed by atoms with Gasteiger partial charge in [0.2, 0.25) is 5.88 Å². The number of carbonyl (C=O) groups excluding carboxylic acids is 1. The van der Waals surface area contributed by atoms with Crippen molar-refractivity contribution >= 4 is 6.09 Å². The van der Waals surface area contributed by atoms with Crippen molar-refractivity contribution in [3.8, 4) is 5.88 Å². The SMILES string of the molecule is CC(C)(C)OC(=O)N1CCN(Cc2ccccc2)[C@H](COc2cccc(C(F)(F)F)n2)C1. The van der Waals surface area contributed by atoms with Crippen LogP contribution in [0, 0.1) is 0 Å². The molecule has 1 saturated heterocycles. The van der Waals surface area contributed by atoms with Gasteiger partial charge in [-0.2, -0.15) is 13.2 Å². The number of aromatic nitrogens is 1. The summed E-state index contributed by atoms with van der Waals surface area (Å²) >= 11 is 0. The molecule has 0 radical (unpaired) electrons. The smallest absolute Gasteiger partial charge is 0.433 e. The minimum absolute atomic E-state index is 0.0838. The molecule has 0 spiro atoms. The van der Waals surface area contributed by atoms with Crippen molar-refractivity contribution in [2.45, 2.75) is 45.1 Å². The Hall–Kier alpha value is -2.81. The molecule has 1 aromatic carbocycles. The van der Waals surface area contributed by atoms with E-state index in [2.05, 4.69) is 9.88 Å². The molecule has 1 fully saturated rings. The van der Waals surface area contributed by atoms with Crippen LogP contribution in [0.4, 0.5) is 18.0 Å². The number of hydrogen-bond acceptors (Lipinski definition) is 5. The van der Waals surface area contributed by atoms with Crippen molar-refractivity contribution in [2.75, 3.05) is 26.2 Å². The monoisotopic (exact) mass is 451 g/mol. The number of hydrogen-bond donors (Lipinski definition) is 0. The van der Waals surface area contributed by atoms with Gasteiger partial charge in [0.1, 0.15) is 17.9 Å². The number of alkyl halides is 3. The van der Waals surface area contributed by atoms with Crippen LogP contribution in [0.3, 0.4) is 0 Å². The molecular formula is C23H28F3N3O3. The molecule has 1 aliphatic rings. The van der Waals surface area contributed by atoms with Crippen LogP contribution in [-0.4, -0.2) is 58.8 Å². The van der Waals surface area contributed by atoms with Gasteiger partial charge in [0.05, 0.1) is 6.04 Å². The average Bonchev–Trinajstić information content (AvgIpc) is 2.72. The van der Waals surface area contributed by atoms with Crippen molar-refractivity contribution in [1.29, 1.82) is 0 Å². The molecule has 2 aromatic rings. The van der Waals surface area contributed by atoms with Crippen molar-refractivity contribution in [3.05, 3.63) is 59.8 Å². The van der Waals surface area contributed by atoms with Crippen molar-refractivity contribution < 1.29 is 27.4 Å². The number of pyridine rings is 1. The highest BCUT2D eigenvalue weighted by molar-refractivity contribution is 5.68. The predicted octanol–water partition coefficient (Wildman–Crippen LogP) is 4.60. The number of amides is 1. The highest BCUT2D eigenvalue weighted by atomic mass is 19.4. The topological polar surface area (TPSA) is 54.9 Å². The fourth-order valence-electron chi connectivity index (χ4n) is 3.40. The molecule has 9 heteroatoms. The van der Waals surface area contributed by atoms with E-state index < -0.39 is 23.6 Å². The molecule has 0 N–H and O–H groups in total. The van der Waals surface area contributed by atoms with E-state index in [0.717, 1.165) is 11.6 Å². The van der Waals surface area contributed by atoms with Crippen LogP contribution < -0.4 is 4.74 Å². The van der Waals surface area contributed by atoms with Gasteiger partial charge in [0, 0.05) is 32.2 Å². The molecule has 1 aromatic heterocycles. The summed E-state index contributed by atoms with van der Waals surface area (Å²) in [7, 11) is 0. The summed E-state index contributed by atoms with van der Waals surface area (Å²) in [6.07, 6.45) is -4.96. The van der Waals surface area contributed by atoms with Gasteiger partial charge >= 0.3 is 12.3 Å². The molecule has 0 unspecified atom stereocenters. The minimum atomic E-state index is -4.54. The third-order valence-electron chi connectivity index (χ3n) is 4.92. The van der Waals surface area contributed by atoms with E-state index >= 15 is 0 Å². The lowest BCUT2D eigenvalue weighted by atomic mass is 10.1. The van der Waals surface area contributed by atoms with E-state index in [1.54, 1.807) is 25.7 Å². The molecule has 1 aliphatic heterocycles. The first-order valence-corrected chi connectivity index (χ1v) is 10.4. The Morgan fingerprint density at radius 1 is 1.06 bits per heavy atom. The van der Waals surface area contributed by atoms with E-state index in [-0.39, 0.29) is 18.5 Å². The van der Waals surface area contributed by atoms with Crippen molar-refractivity contribution in [3.63, 3.8) is 0 Å². The van der Waals surface area contributed by atoms with E-state index in [1.807, 2.05) is 30.3 Å². The second-order valence-electron chi connectivity index (χ2n) is 8.71. The maximum Gasteiger partial charge on any atom is 0.433 e. The fourth-order valence-corrected chi connectivity index (χ4v) is 3.40.